The summed E-state index contributed by atoms with van der Waals surface area (Å²) < 4.78 is 84.5. The number of anilines is 2. The lowest BCUT2D eigenvalue weighted by atomic mass is 9.72. The van der Waals surface area contributed by atoms with Gasteiger partial charge >= 0.3 is 0 Å². The first-order valence-electron chi connectivity index (χ1n) is 44.1. The van der Waals surface area contributed by atoms with Gasteiger partial charge in [0.15, 0.2) is 0 Å². The summed E-state index contributed by atoms with van der Waals surface area (Å²) in [6.07, 6.45) is 16.5. The van der Waals surface area contributed by atoms with Crippen molar-refractivity contribution in [2.24, 2.45) is 22.7 Å². The van der Waals surface area contributed by atoms with Crippen molar-refractivity contribution in [3.8, 4) is 34.5 Å². The second-order valence-electron chi connectivity index (χ2n) is 37.3. The SMILES string of the molecule is CC1(C)CCC(CN2CCN(c3ccc(C(=O)NS(=O)(=O)c4cc5c(c([N+](=O)[O-])c4)C[C@H](CCN4CCC(C)(O)CC4)CO5)c(Oc4cnc5[nH]ccc5c4)c3)CC2)=C(c2ccc(Cl)cc2)C1.CN(C)CC[C@@H]1COc2cc(S(=O)(=O)NC(=O)c3ccc(N4CCN(CC5=C(c6ccc(Cl)cc6)CC(C)(C)CC5)CC4)cc3Oc3cnc4[nH]ccc4c3)cc([N+](=O)[O-])c2C1. The maximum atomic E-state index is 14.1. The third-order valence-corrected chi connectivity index (χ3v) is 29.3. The van der Waals surface area contributed by atoms with Crippen molar-refractivity contribution in [2.45, 2.75) is 127 Å². The van der Waals surface area contributed by atoms with E-state index < -0.39 is 57.1 Å². The van der Waals surface area contributed by atoms with E-state index in [0.717, 1.165) is 174 Å². The van der Waals surface area contributed by atoms with Gasteiger partial charge in [-0.2, -0.15) is 0 Å². The van der Waals surface area contributed by atoms with Crippen LogP contribution >= 0.6 is 23.2 Å². The summed E-state index contributed by atoms with van der Waals surface area (Å²) in [6, 6.07) is 38.2. The number of pyridine rings is 2. The van der Waals surface area contributed by atoms with Crippen molar-refractivity contribution in [2.75, 3.05) is 129 Å². The molecule has 680 valence electrons. The van der Waals surface area contributed by atoms with E-state index in [2.05, 4.69) is 106 Å². The summed E-state index contributed by atoms with van der Waals surface area (Å²) in [5.74, 6) is -0.751. The second-order valence-corrected chi connectivity index (χ2v) is 41.6. The Kier molecular flexibility index (Phi) is 27.0. The number of rotatable bonds is 26. The molecule has 33 heteroatoms. The molecule has 0 spiro atoms. The van der Waals surface area contributed by atoms with E-state index >= 15 is 0 Å². The highest BCUT2D eigenvalue weighted by atomic mass is 35.5. The van der Waals surface area contributed by atoms with Gasteiger partial charge < -0.3 is 53.6 Å². The number of amides is 2. The molecular weight excluding hydrogens is 1720 g/mol. The number of hydrogen-bond donors (Lipinski definition) is 5. The number of nitrogens with one attached hydrogen (secondary N) is 4. The number of piperidine rings is 1. The van der Waals surface area contributed by atoms with E-state index in [1.807, 2.05) is 62.3 Å². The molecule has 17 rings (SSSR count). The predicted molar refractivity (Wildman–Crippen MR) is 499 cm³/mol. The summed E-state index contributed by atoms with van der Waals surface area (Å²) in [5, 5.41) is 38.0. The van der Waals surface area contributed by atoms with Crippen molar-refractivity contribution in [3.63, 3.8) is 0 Å². The molecule has 129 heavy (non-hydrogen) atoms. The standard InChI is InChI=1S/C50H58ClN7O8S.C46H52ClN7O7S/c1-49(2)13-10-36(43(29-49)34-4-6-37(51)7-5-34)31-56-20-22-57(23-21-56)38-8-9-41(46(26-38)66-39-25-35-11-16-52-47(35)53-30-39)48(59)54-67(63,64)40-27-44(58(61)62)42-24-33(32-65-45(42)28-40)12-17-55-18-14-50(3,60)15-19-55;1-46(2)14-11-33(40(26-46)31-5-7-34(47)8-6-31)28-52-17-19-53(20-18-52)35-9-10-38(43(23-35)61-36-22-32-12-15-48-44(32)49-27-36)45(55)50-62(58,59)37-24-41(54(56)57)39-21-30(13-16-51(3)4)29-60-42(39)25-37/h4-9,11,16,25-28,30,33,60H,10,12-15,17-24,29,31-32H2,1-3H3,(H,52,53)(H,54,59);5-10,12,15,22-25,27,30H,11,13-14,16-21,26,28-29H2,1-4H3,(H,48,49)(H,50,55)/t33-;30-/m00/s1. The molecule has 3 fully saturated rings. The summed E-state index contributed by atoms with van der Waals surface area (Å²) >= 11 is 12.5. The Hall–Kier alpha value is -11.0. The molecule has 6 aromatic carbocycles. The van der Waals surface area contributed by atoms with Crippen LogP contribution in [0, 0.1) is 42.9 Å². The number of aliphatic hydroxyl groups is 1. The lowest BCUT2D eigenvalue weighted by Crippen LogP contribution is -2.47. The van der Waals surface area contributed by atoms with Gasteiger partial charge in [-0.1, -0.05) is 86.3 Å². The van der Waals surface area contributed by atoms with Crippen LogP contribution in [0.2, 0.25) is 10.0 Å². The number of piperazine rings is 2. The van der Waals surface area contributed by atoms with Gasteiger partial charge in [0.05, 0.1) is 73.1 Å². The molecule has 10 aromatic rings. The van der Waals surface area contributed by atoms with Gasteiger partial charge in [-0.25, -0.2) is 36.2 Å². The third-order valence-electron chi connectivity index (χ3n) is 26.2. The number of aromatic amines is 2. The molecule has 3 saturated heterocycles. The van der Waals surface area contributed by atoms with Crippen LogP contribution in [0.3, 0.4) is 0 Å². The van der Waals surface area contributed by atoms with Crippen molar-refractivity contribution >= 4 is 111 Å². The highest BCUT2D eigenvalue weighted by Crippen LogP contribution is 2.48. The summed E-state index contributed by atoms with van der Waals surface area (Å²) in [7, 11) is -5.35. The molecule has 0 bridgehead atoms. The first-order chi connectivity index (χ1) is 61.6. The molecule has 9 heterocycles. The van der Waals surface area contributed by atoms with E-state index in [0.29, 0.717) is 79.3 Å². The van der Waals surface area contributed by atoms with Crippen LogP contribution in [0.4, 0.5) is 22.7 Å². The molecule has 2 aliphatic carbocycles. The number of halogens is 2. The van der Waals surface area contributed by atoms with Gasteiger partial charge in [-0.05, 0) is 229 Å². The Morgan fingerprint density at radius 1 is 0.550 bits per heavy atom. The number of likely N-dealkylation sites (tertiary alicyclic amines) is 1. The molecule has 5 N–H and O–H groups in total. The fourth-order valence-electron chi connectivity index (χ4n) is 18.5. The second kappa shape index (κ2) is 38.2. The largest absolute Gasteiger partial charge is 0.493 e. The number of H-pyrrole nitrogens is 2. The van der Waals surface area contributed by atoms with E-state index in [-0.39, 0.29) is 74.8 Å². The Morgan fingerprint density at radius 3 is 1.38 bits per heavy atom. The minimum absolute atomic E-state index is 0.0183. The molecular formula is C96H110Cl2N14O15S2. The molecule has 7 aliphatic rings. The Bertz CT molecular complexity index is 6190. The average molecular weight is 1840 g/mol. The number of sulfonamides is 2. The molecule has 2 amide bonds. The monoisotopic (exact) mass is 1830 g/mol. The van der Waals surface area contributed by atoms with Crippen molar-refractivity contribution in [1.29, 1.82) is 0 Å². The number of fused-ring (bicyclic) bond motifs is 4. The third kappa shape index (κ3) is 22.0. The van der Waals surface area contributed by atoms with E-state index in [1.165, 1.54) is 57.9 Å². The van der Waals surface area contributed by atoms with Gasteiger partial charge in [0, 0.05) is 160 Å². The molecule has 29 nitrogen and oxygen atoms in total. The topological polar surface area (TPSA) is 347 Å². The highest BCUT2D eigenvalue weighted by molar-refractivity contribution is 7.90. The number of aromatic nitrogens is 4. The number of nitro benzene ring substituents is 2. The molecule has 0 radical (unpaired) electrons. The summed E-state index contributed by atoms with van der Waals surface area (Å²) in [6.45, 7) is 22.7. The van der Waals surface area contributed by atoms with Gasteiger partial charge in [-0.3, -0.25) is 39.6 Å². The Morgan fingerprint density at radius 2 is 0.969 bits per heavy atom. The number of allylic oxidation sites excluding steroid dienone is 2. The van der Waals surface area contributed by atoms with Crippen LogP contribution < -0.4 is 38.2 Å². The molecule has 0 saturated carbocycles. The highest BCUT2D eigenvalue weighted by Gasteiger charge is 2.39. The average Bonchev–Trinajstić information content (AvgIpc) is 1.24. The van der Waals surface area contributed by atoms with Crippen LogP contribution in [-0.2, 0) is 32.9 Å². The van der Waals surface area contributed by atoms with E-state index in [4.69, 9.17) is 42.1 Å². The number of nitrogens with zero attached hydrogens (tertiary/aromatic N) is 10. The van der Waals surface area contributed by atoms with Crippen LogP contribution in [0.1, 0.15) is 142 Å². The first kappa shape index (κ1) is 91.3. The predicted octanol–water partition coefficient (Wildman–Crippen LogP) is 16.9. The van der Waals surface area contributed by atoms with E-state index in [9.17, 15) is 51.8 Å². The Labute approximate surface area is 761 Å². The normalized spacial score (nSPS) is 19.1. The summed E-state index contributed by atoms with van der Waals surface area (Å²) in [5.41, 5.74) is 10.7. The molecule has 5 aliphatic heterocycles. The maximum Gasteiger partial charge on any atom is 0.277 e. The minimum atomic E-state index is -4.64. The zero-order chi connectivity index (χ0) is 90.8. The zero-order valence-corrected chi connectivity index (χ0v) is 76.8. The number of hydrogen-bond acceptors (Lipinski definition) is 23. The lowest BCUT2D eigenvalue weighted by molar-refractivity contribution is -0.386. The van der Waals surface area contributed by atoms with E-state index in [1.54, 1.807) is 60.9 Å². The first-order valence-corrected chi connectivity index (χ1v) is 47.8. The fourth-order valence-corrected chi connectivity index (χ4v) is 20.7. The zero-order valence-electron chi connectivity index (χ0n) is 73.7. The van der Waals surface area contributed by atoms with Crippen molar-refractivity contribution < 1.29 is 60.3 Å². The molecule has 4 aromatic heterocycles. The number of nitro groups is 2. The van der Waals surface area contributed by atoms with Gasteiger partial charge in [0.2, 0.25) is 0 Å². The van der Waals surface area contributed by atoms with Crippen molar-refractivity contribution in [1.82, 2.24) is 49.0 Å². The number of ether oxygens (including phenoxy) is 4. The van der Waals surface area contributed by atoms with Crippen LogP contribution in [0.25, 0.3) is 33.2 Å². The molecule has 0 unspecified atom stereocenters. The number of benzene rings is 6. The summed E-state index contributed by atoms with van der Waals surface area (Å²) in [4.78, 5) is 79.3. The maximum absolute atomic E-state index is 14.1. The Balaban J connectivity index is 0.000000190. The number of carbonyl (C=O) groups excluding carboxylic acids is 2. The van der Waals surface area contributed by atoms with Gasteiger partial charge in [-0.15, -0.1) is 0 Å². The van der Waals surface area contributed by atoms with Gasteiger partial charge in [0.1, 0.15) is 45.8 Å². The number of carbonyl (C=O) groups is 2. The molecule has 2 atom stereocenters. The fraction of sp³-hybridized carbons (Fsp3) is 0.417. The quantitative estimate of drug-likeness (QED) is 0.0248. The minimum Gasteiger partial charge on any atom is -0.493 e. The van der Waals surface area contributed by atoms with Crippen LogP contribution in [0.5, 0.6) is 34.5 Å². The lowest BCUT2D eigenvalue weighted by Gasteiger charge is -2.39. The van der Waals surface area contributed by atoms with Crippen LogP contribution in [-0.4, -0.2) is 208 Å². The van der Waals surface area contributed by atoms with Crippen LogP contribution in [0.15, 0.2) is 179 Å². The van der Waals surface area contributed by atoms with Gasteiger partial charge in [0.25, 0.3) is 43.2 Å². The smallest absolute Gasteiger partial charge is 0.277 e. The van der Waals surface area contributed by atoms with Crippen molar-refractivity contribution in [3.05, 3.63) is 233 Å².